The zero-order valence-electron chi connectivity index (χ0n) is 28.4. The Hall–Kier alpha value is -4.48. The summed E-state index contributed by atoms with van der Waals surface area (Å²) < 4.78 is 71.0. The number of carbonyl (C=O) groups excluding carboxylic acids is 1. The molecular formula is C37H39ClF3NO7. The SMILES string of the molecule is COc1ccc(C=CC(=O)Oc2ccc3c(=O)c(Oc4ccc(Cl)c(C)c4)c(C(F)(F)F)oc3c2CN(CC(C)C)CC(C)C)cc1OC. The Balaban J connectivity index is 1.85. The van der Waals surface area contributed by atoms with E-state index in [-0.39, 0.29) is 46.4 Å². The summed E-state index contributed by atoms with van der Waals surface area (Å²) in [6.07, 6.45) is -2.43. The number of rotatable bonds is 13. The van der Waals surface area contributed by atoms with Gasteiger partial charge in [-0.2, -0.15) is 13.2 Å². The normalized spacial score (nSPS) is 12.0. The second-order valence-corrected chi connectivity index (χ2v) is 12.8. The van der Waals surface area contributed by atoms with Crippen LogP contribution in [-0.2, 0) is 17.5 Å². The number of hydrogen-bond donors (Lipinski definition) is 0. The number of methoxy groups -OCH3 is 2. The molecule has 1 heterocycles. The summed E-state index contributed by atoms with van der Waals surface area (Å²) in [7, 11) is 2.99. The van der Waals surface area contributed by atoms with E-state index in [4.69, 9.17) is 35.0 Å². The number of benzene rings is 3. The van der Waals surface area contributed by atoms with Gasteiger partial charge < -0.3 is 23.4 Å². The monoisotopic (exact) mass is 701 g/mol. The van der Waals surface area contributed by atoms with E-state index in [0.717, 1.165) is 0 Å². The number of hydrogen-bond acceptors (Lipinski definition) is 8. The zero-order chi connectivity index (χ0) is 36.0. The number of esters is 1. The number of alkyl halides is 3. The number of ether oxygens (including phenoxy) is 4. The average Bonchev–Trinajstić information content (AvgIpc) is 3.02. The number of carbonyl (C=O) groups is 1. The maximum Gasteiger partial charge on any atom is 0.453 e. The summed E-state index contributed by atoms with van der Waals surface area (Å²) >= 11 is 6.07. The summed E-state index contributed by atoms with van der Waals surface area (Å²) in [5.74, 6) is -2.15. The van der Waals surface area contributed by atoms with Crippen LogP contribution in [0.1, 0.15) is 50.1 Å². The molecule has 12 heteroatoms. The maximum atomic E-state index is 14.6. The lowest BCUT2D eigenvalue weighted by molar-refractivity contribution is -0.154. The molecule has 49 heavy (non-hydrogen) atoms. The standard InChI is InChI=1S/C37H39ClF3NO7/c1-21(2)18-42(19-22(3)4)20-27-29(48-32(43)15-9-24-8-13-30(45-6)31(17-24)46-7)14-11-26-33(44)35(36(37(39,40)41)49-34(26)27)47-25-10-12-28(38)23(5)16-25/h8-17,21-22H,18-20H2,1-7H3. The first-order chi connectivity index (χ1) is 23.1. The van der Waals surface area contributed by atoms with Gasteiger partial charge in [0.15, 0.2) is 11.5 Å². The smallest absolute Gasteiger partial charge is 0.453 e. The van der Waals surface area contributed by atoms with Gasteiger partial charge in [0.1, 0.15) is 17.1 Å². The van der Waals surface area contributed by atoms with Crippen LogP contribution in [0.3, 0.4) is 0 Å². The van der Waals surface area contributed by atoms with Crippen molar-refractivity contribution in [3.8, 4) is 28.7 Å². The van der Waals surface area contributed by atoms with Gasteiger partial charge in [0, 0.05) is 30.7 Å². The van der Waals surface area contributed by atoms with Gasteiger partial charge in [-0.25, -0.2) is 4.79 Å². The third kappa shape index (κ3) is 9.36. The molecule has 4 rings (SSSR count). The second kappa shape index (κ2) is 15.8. The van der Waals surface area contributed by atoms with Crippen LogP contribution in [0.5, 0.6) is 28.7 Å². The van der Waals surface area contributed by atoms with Gasteiger partial charge in [-0.05, 0) is 78.4 Å². The van der Waals surface area contributed by atoms with Crippen LogP contribution >= 0.6 is 11.6 Å². The summed E-state index contributed by atoms with van der Waals surface area (Å²) in [6, 6.07) is 11.9. The Kier molecular flexibility index (Phi) is 12.1. The van der Waals surface area contributed by atoms with E-state index in [1.54, 1.807) is 25.1 Å². The molecule has 0 saturated heterocycles. The van der Waals surface area contributed by atoms with Gasteiger partial charge in [0.2, 0.25) is 11.2 Å². The topological polar surface area (TPSA) is 87.4 Å². The van der Waals surface area contributed by atoms with Gasteiger partial charge in [-0.3, -0.25) is 9.69 Å². The Morgan fingerprint density at radius 1 is 0.939 bits per heavy atom. The van der Waals surface area contributed by atoms with E-state index in [0.29, 0.717) is 40.7 Å². The van der Waals surface area contributed by atoms with Gasteiger partial charge in [0.25, 0.3) is 5.76 Å². The van der Waals surface area contributed by atoms with Crippen LogP contribution in [0, 0.1) is 18.8 Å². The van der Waals surface area contributed by atoms with E-state index < -0.39 is 29.1 Å². The third-order valence-electron chi connectivity index (χ3n) is 7.34. The molecule has 262 valence electrons. The Labute approximate surface area is 288 Å². The molecule has 0 aliphatic heterocycles. The first-order valence-corrected chi connectivity index (χ1v) is 16.0. The van der Waals surface area contributed by atoms with E-state index in [9.17, 15) is 22.8 Å². The lowest BCUT2D eigenvalue weighted by Gasteiger charge is -2.27. The van der Waals surface area contributed by atoms with Crippen LogP contribution in [0.25, 0.3) is 17.0 Å². The first kappa shape index (κ1) is 37.3. The highest BCUT2D eigenvalue weighted by Crippen LogP contribution is 2.41. The van der Waals surface area contributed by atoms with Crippen LogP contribution < -0.4 is 24.4 Å². The Morgan fingerprint density at radius 2 is 1.59 bits per heavy atom. The molecule has 0 atom stereocenters. The molecule has 0 spiro atoms. The molecule has 4 aromatic rings. The van der Waals surface area contributed by atoms with E-state index >= 15 is 0 Å². The largest absolute Gasteiger partial charge is 0.493 e. The quantitative estimate of drug-likeness (QED) is 0.0775. The van der Waals surface area contributed by atoms with Crippen molar-refractivity contribution < 1.29 is 41.3 Å². The molecule has 0 saturated carbocycles. The third-order valence-corrected chi connectivity index (χ3v) is 7.77. The molecule has 3 aromatic carbocycles. The van der Waals surface area contributed by atoms with Crippen molar-refractivity contribution in [2.45, 2.75) is 47.3 Å². The molecule has 0 aliphatic rings. The van der Waals surface area contributed by atoms with Crippen molar-refractivity contribution in [3.05, 3.63) is 92.3 Å². The molecule has 0 fully saturated rings. The van der Waals surface area contributed by atoms with Crippen molar-refractivity contribution >= 4 is 34.6 Å². The van der Waals surface area contributed by atoms with Crippen molar-refractivity contribution in [1.82, 2.24) is 4.90 Å². The summed E-state index contributed by atoms with van der Waals surface area (Å²) in [4.78, 5) is 28.9. The highest BCUT2D eigenvalue weighted by Gasteiger charge is 2.41. The highest BCUT2D eigenvalue weighted by molar-refractivity contribution is 6.31. The van der Waals surface area contributed by atoms with Crippen LogP contribution in [0.15, 0.2) is 63.8 Å². The van der Waals surface area contributed by atoms with Crippen LogP contribution in [0.2, 0.25) is 5.02 Å². The summed E-state index contributed by atoms with van der Waals surface area (Å²) in [6.45, 7) is 10.9. The van der Waals surface area contributed by atoms with Crippen LogP contribution in [-0.4, -0.2) is 38.2 Å². The van der Waals surface area contributed by atoms with Crippen molar-refractivity contribution in [3.63, 3.8) is 0 Å². The minimum Gasteiger partial charge on any atom is -0.493 e. The molecule has 0 aliphatic carbocycles. The predicted molar refractivity (Wildman–Crippen MR) is 183 cm³/mol. The average molecular weight is 702 g/mol. The van der Waals surface area contributed by atoms with Gasteiger partial charge >= 0.3 is 12.1 Å². The van der Waals surface area contributed by atoms with Crippen molar-refractivity contribution in [2.75, 3.05) is 27.3 Å². The van der Waals surface area contributed by atoms with Crippen LogP contribution in [0.4, 0.5) is 13.2 Å². The van der Waals surface area contributed by atoms with Crippen molar-refractivity contribution in [2.24, 2.45) is 11.8 Å². The number of nitrogens with zero attached hydrogens (tertiary/aromatic N) is 1. The van der Waals surface area contributed by atoms with Gasteiger partial charge in [0.05, 0.1) is 25.2 Å². The Bertz CT molecular complexity index is 1890. The van der Waals surface area contributed by atoms with Crippen molar-refractivity contribution in [1.29, 1.82) is 0 Å². The minimum atomic E-state index is -5.11. The zero-order valence-corrected chi connectivity index (χ0v) is 29.1. The molecule has 1 aromatic heterocycles. The Morgan fingerprint density at radius 3 is 2.18 bits per heavy atom. The van der Waals surface area contributed by atoms with E-state index in [1.807, 2.05) is 32.6 Å². The van der Waals surface area contributed by atoms with Gasteiger partial charge in [-0.1, -0.05) is 45.4 Å². The number of halogens is 4. The summed E-state index contributed by atoms with van der Waals surface area (Å²) in [5, 5.41) is 0.213. The van der Waals surface area contributed by atoms with E-state index in [1.165, 1.54) is 56.7 Å². The number of fused-ring (bicyclic) bond motifs is 1. The molecule has 0 unspecified atom stereocenters. The maximum absolute atomic E-state index is 14.6. The molecule has 0 radical (unpaired) electrons. The minimum absolute atomic E-state index is 0.0221. The highest BCUT2D eigenvalue weighted by atomic mass is 35.5. The van der Waals surface area contributed by atoms with E-state index in [2.05, 4.69) is 0 Å². The molecule has 0 amide bonds. The van der Waals surface area contributed by atoms with Gasteiger partial charge in [-0.15, -0.1) is 0 Å². The molecule has 0 N–H and O–H groups in total. The fourth-order valence-electron chi connectivity index (χ4n) is 5.33. The lowest BCUT2D eigenvalue weighted by Crippen LogP contribution is -2.31. The lowest BCUT2D eigenvalue weighted by atomic mass is 10.1. The fourth-order valence-corrected chi connectivity index (χ4v) is 5.44. The first-order valence-electron chi connectivity index (χ1n) is 15.6. The molecule has 0 bridgehead atoms. The molecular weight excluding hydrogens is 663 g/mol. The fraction of sp³-hybridized carbons (Fsp3) is 0.351. The summed E-state index contributed by atoms with van der Waals surface area (Å²) in [5.41, 5.74) is -0.125. The molecule has 8 nitrogen and oxygen atoms in total. The number of aryl methyl sites for hydroxylation is 1. The predicted octanol–water partition coefficient (Wildman–Crippen LogP) is 9.32. The second-order valence-electron chi connectivity index (χ2n) is 12.4.